The van der Waals surface area contributed by atoms with Crippen molar-refractivity contribution < 1.29 is 4.42 Å². The lowest BCUT2D eigenvalue weighted by molar-refractivity contribution is 0.505. The fraction of sp³-hybridized carbons (Fsp3) is 0.714. The number of aromatic nitrogens is 2. The molecular weight excluding hydrogens is 142 g/mol. The van der Waals surface area contributed by atoms with E-state index in [9.17, 15) is 0 Å². The lowest BCUT2D eigenvalue weighted by Crippen LogP contribution is -2.26. The number of hydrogen-bond acceptors (Lipinski definition) is 4. The second-order valence-electron chi connectivity index (χ2n) is 3.50. The molecule has 0 aliphatic heterocycles. The van der Waals surface area contributed by atoms with Crippen LogP contribution in [0.1, 0.15) is 26.7 Å². The molecule has 1 heterocycles. The van der Waals surface area contributed by atoms with E-state index in [-0.39, 0.29) is 5.54 Å². The van der Waals surface area contributed by atoms with Crippen LogP contribution in [-0.4, -0.2) is 15.7 Å². The fourth-order valence-electron chi connectivity index (χ4n) is 0.668. The molecule has 0 aliphatic carbocycles. The fourth-order valence-corrected chi connectivity index (χ4v) is 0.668. The molecule has 62 valence electrons. The molecule has 1 aromatic rings. The summed E-state index contributed by atoms with van der Waals surface area (Å²) in [5.41, 5.74) is -0.0288. The van der Waals surface area contributed by atoms with Crippen molar-refractivity contribution in [1.82, 2.24) is 10.2 Å². The van der Waals surface area contributed by atoms with E-state index in [4.69, 9.17) is 4.42 Å². The van der Waals surface area contributed by atoms with Gasteiger partial charge >= 0.3 is 6.01 Å². The number of nitrogens with zero attached hydrogens (tertiary/aromatic N) is 2. The standard InChI is InChI=1S/C7H13N3O/c1-5-9-10-6(11-5)8-7(2,3)4/h1-4H3,(H,8,10). The first kappa shape index (κ1) is 8.04. The largest absolute Gasteiger partial charge is 0.408 e. The lowest BCUT2D eigenvalue weighted by Gasteiger charge is -2.17. The minimum atomic E-state index is -0.0288. The van der Waals surface area contributed by atoms with Crippen LogP contribution in [0.5, 0.6) is 0 Å². The summed E-state index contributed by atoms with van der Waals surface area (Å²) in [6, 6.07) is 0.481. The summed E-state index contributed by atoms with van der Waals surface area (Å²) in [6.45, 7) is 7.87. The topological polar surface area (TPSA) is 51.0 Å². The van der Waals surface area contributed by atoms with E-state index >= 15 is 0 Å². The first-order valence-corrected chi connectivity index (χ1v) is 3.56. The molecule has 0 saturated carbocycles. The summed E-state index contributed by atoms with van der Waals surface area (Å²) >= 11 is 0. The molecule has 0 bridgehead atoms. The van der Waals surface area contributed by atoms with Crippen LogP contribution in [-0.2, 0) is 0 Å². The van der Waals surface area contributed by atoms with Crippen molar-refractivity contribution in [3.63, 3.8) is 0 Å². The van der Waals surface area contributed by atoms with Crippen molar-refractivity contribution in [2.45, 2.75) is 33.2 Å². The van der Waals surface area contributed by atoms with Gasteiger partial charge in [0.1, 0.15) is 0 Å². The zero-order valence-electron chi connectivity index (χ0n) is 7.30. The van der Waals surface area contributed by atoms with Gasteiger partial charge in [0.25, 0.3) is 0 Å². The van der Waals surface area contributed by atoms with Gasteiger partial charge in [-0.3, -0.25) is 0 Å². The summed E-state index contributed by atoms with van der Waals surface area (Å²) in [4.78, 5) is 0. The van der Waals surface area contributed by atoms with Crippen molar-refractivity contribution >= 4 is 6.01 Å². The Morgan fingerprint density at radius 2 is 1.91 bits per heavy atom. The predicted octanol–water partition coefficient (Wildman–Crippen LogP) is 1.59. The summed E-state index contributed by atoms with van der Waals surface area (Å²) in [7, 11) is 0. The van der Waals surface area contributed by atoms with Crippen molar-refractivity contribution in [2.24, 2.45) is 0 Å². The quantitative estimate of drug-likeness (QED) is 0.669. The summed E-state index contributed by atoms with van der Waals surface area (Å²) in [5.74, 6) is 0.580. The van der Waals surface area contributed by atoms with E-state index in [0.717, 1.165) is 0 Å². The Morgan fingerprint density at radius 3 is 2.27 bits per heavy atom. The molecule has 0 amide bonds. The molecule has 1 aromatic heterocycles. The number of rotatable bonds is 1. The Morgan fingerprint density at radius 1 is 1.27 bits per heavy atom. The maximum absolute atomic E-state index is 5.13. The third-order valence-electron chi connectivity index (χ3n) is 1.01. The third-order valence-corrected chi connectivity index (χ3v) is 1.01. The van der Waals surface area contributed by atoms with Gasteiger partial charge in [-0.1, -0.05) is 5.10 Å². The van der Waals surface area contributed by atoms with Crippen LogP contribution in [0.25, 0.3) is 0 Å². The molecular formula is C7H13N3O. The van der Waals surface area contributed by atoms with Crippen LogP contribution in [0, 0.1) is 6.92 Å². The number of aryl methyl sites for hydroxylation is 1. The van der Waals surface area contributed by atoms with Crippen molar-refractivity contribution in [3.8, 4) is 0 Å². The molecule has 0 fully saturated rings. The minimum Gasteiger partial charge on any atom is -0.408 e. The molecule has 0 aromatic carbocycles. The van der Waals surface area contributed by atoms with Crippen LogP contribution in [0.15, 0.2) is 4.42 Å². The van der Waals surface area contributed by atoms with Crippen molar-refractivity contribution in [2.75, 3.05) is 5.32 Å². The lowest BCUT2D eigenvalue weighted by atomic mass is 10.1. The van der Waals surface area contributed by atoms with Gasteiger partial charge in [0.05, 0.1) is 0 Å². The van der Waals surface area contributed by atoms with E-state index in [1.54, 1.807) is 6.92 Å². The van der Waals surface area contributed by atoms with Gasteiger partial charge in [0, 0.05) is 12.5 Å². The van der Waals surface area contributed by atoms with E-state index in [0.29, 0.717) is 11.9 Å². The van der Waals surface area contributed by atoms with Crippen LogP contribution in [0.2, 0.25) is 0 Å². The average Bonchev–Trinajstić information content (AvgIpc) is 2.10. The van der Waals surface area contributed by atoms with Crippen LogP contribution in [0.4, 0.5) is 6.01 Å². The van der Waals surface area contributed by atoms with E-state index in [1.807, 2.05) is 20.8 Å². The molecule has 1 rings (SSSR count). The SMILES string of the molecule is Cc1nnc(NC(C)(C)C)o1. The Hall–Kier alpha value is -1.06. The zero-order chi connectivity index (χ0) is 8.48. The molecule has 4 nitrogen and oxygen atoms in total. The first-order chi connectivity index (χ1) is 4.97. The second-order valence-corrected chi connectivity index (χ2v) is 3.50. The molecule has 0 spiro atoms. The summed E-state index contributed by atoms with van der Waals surface area (Å²) in [5, 5.41) is 10.6. The Kier molecular flexibility index (Phi) is 1.85. The second kappa shape index (κ2) is 2.53. The molecule has 0 radical (unpaired) electrons. The number of anilines is 1. The highest BCUT2D eigenvalue weighted by molar-refractivity contribution is 5.21. The Balaban J connectivity index is 2.65. The number of nitrogens with one attached hydrogen (secondary N) is 1. The van der Waals surface area contributed by atoms with Gasteiger partial charge in [0.15, 0.2) is 0 Å². The Labute approximate surface area is 66.0 Å². The molecule has 0 saturated heterocycles. The normalized spacial score (nSPS) is 11.6. The molecule has 11 heavy (non-hydrogen) atoms. The summed E-state index contributed by atoms with van der Waals surface area (Å²) in [6.07, 6.45) is 0. The molecule has 1 N–H and O–H groups in total. The monoisotopic (exact) mass is 155 g/mol. The maximum Gasteiger partial charge on any atom is 0.315 e. The van der Waals surface area contributed by atoms with Gasteiger partial charge in [-0.2, -0.15) is 0 Å². The van der Waals surface area contributed by atoms with Gasteiger partial charge < -0.3 is 9.73 Å². The molecule has 0 aliphatic rings. The van der Waals surface area contributed by atoms with Crippen LogP contribution >= 0.6 is 0 Å². The smallest absolute Gasteiger partial charge is 0.315 e. The Bertz CT molecular complexity index is 236. The highest BCUT2D eigenvalue weighted by Gasteiger charge is 2.12. The average molecular weight is 155 g/mol. The predicted molar refractivity (Wildman–Crippen MR) is 42.4 cm³/mol. The van der Waals surface area contributed by atoms with Crippen LogP contribution < -0.4 is 5.32 Å². The maximum atomic E-state index is 5.13. The minimum absolute atomic E-state index is 0.0288. The highest BCUT2D eigenvalue weighted by Crippen LogP contribution is 2.11. The zero-order valence-corrected chi connectivity index (χ0v) is 7.30. The van der Waals surface area contributed by atoms with Gasteiger partial charge in [-0.25, -0.2) is 0 Å². The van der Waals surface area contributed by atoms with Gasteiger partial charge in [-0.15, -0.1) is 5.10 Å². The molecule has 0 atom stereocenters. The van der Waals surface area contributed by atoms with Gasteiger partial charge in [0.2, 0.25) is 5.89 Å². The third kappa shape index (κ3) is 2.57. The summed E-state index contributed by atoms with van der Waals surface area (Å²) < 4.78 is 5.13. The molecule has 4 heteroatoms. The number of hydrogen-bond donors (Lipinski definition) is 1. The molecule has 0 unspecified atom stereocenters. The van der Waals surface area contributed by atoms with E-state index in [1.165, 1.54) is 0 Å². The van der Waals surface area contributed by atoms with Crippen molar-refractivity contribution in [3.05, 3.63) is 5.89 Å². The van der Waals surface area contributed by atoms with E-state index < -0.39 is 0 Å². The van der Waals surface area contributed by atoms with Crippen molar-refractivity contribution in [1.29, 1.82) is 0 Å². The first-order valence-electron chi connectivity index (χ1n) is 3.56. The van der Waals surface area contributed by atoms with Crippen LogP contribution in [0.3, 0.4) is 0 Å². The van der Waals surface area contributed by atoms with Gasteiger partial charge in [-0.05, 0) is 20.8 Å². The van der Waals surface area contributed by atoms with E-state index in [2.05, 4.69) is 15.5 Å². The highest BCUT2D eigenvalue weighted by atomic mass is 16.4.